The van der Waals surface area contributed by atoms with Crippen molar-refractivity contribution in [1.29, 1.82) is 0 Å². The lowest BCUT2D eigenvalue weighted by atomic mass is 10.2. The Morgan fingerprint density at radius 2 is 1.81 bits per heavy atom. The standard InChI is InChI=1S/C11H19F2N3/c12-10(13)8-7-9(8)15-11(14)16-5-3-1-2-4-6-16/h8-10H,1-7H2,(H2,14,15)/t8-,9-/m0/s1. The number of nitrogens with zero attached hydrogens (tertiary/aromatic N) is 2. The molecule has 3 nitrogen and oxygen atoms in total. The van der Waals surface area contributed by atoms with Crippen LogP contribution in [0.15, 0.2) is 4.99 Å². The van der Waals surface area contributed by atoms with Crippen molar-refractivity contribution in [3.8, 4) is 0 Å². The Hall–Kier alpha value is -0.870. The average molecular weight is 231 g/mol. The second kappa shape index (κ2) is 4.97. The van der Waals surface area contributed by atoms with E-state index in [1.54, 1.807) is 0 Å². The molecule has 1 saturated carbocycles. The molecule has 2 N–H and O–H groups in total. The number of rotatable bonds is 2. The Balaban J connectivity index is 1.86. The predicted molar refractivity (Wildman–Crippen MR) is 59.6 cm³/mol. The van der Waals surface area contributed by atoms with Crippen LogP contribution in [-0.4, -0.2) is 36.4 Å². The summed E-state index contributed by atoms with van der Waals surface area (Å²) in [7, 11) is 0. The highest BCUT2D eigenvalue weighted by atomic mass is 19.3. The van der Waals surface area contributed by atoms with Gasteiger partial charge in [-0.05, 0) is 19.3 Å². The molecule has 0 bridgehead atoms. The van der Waals surface area contributed by atoms with Gasteiger partial charge in [-0.3, -0.25) is 0 Å². The van der Waals surface area contributed by atoms with E-state index < -0.39 is 12.3 Å². The van der Waals surface area contributed by atoms with Gasteiger partial charge in [0.1, 0.15) is 0 Å². The maximum absolute atomic E-state index is 12.3. The van der Waals surface area contributed by atoms with Crippen molar-refractivity contribution in [3.63, 3.8) is 0 Å². The van der Waals surface area contributed by atoms with Crippen molar-refractivity contribution >= 4 is 5.96 Å². The Morgan fingerprint density at radius 3 is 2.31 bits per heavy atom. The molecular formula is C11H19F2N3. The summed E-state index contributed by atoms with van der Waals surface area (Å²) in [6.45, 7) is 1.84. The van der Waals surface area contributed by atoms with E-state index in [-0.39, 0.29) is 6.04 Å². The fraction of sp³-hybridized carbons (Fsp3) is 0.909. The van der Waals surface area contributed by atoms with Crippen molar-refractivity contribution in [2.24, 2.45) is 16.6 Å². The van der Waals surface area contributed by atoms with Crippen LogP contribution in [0.1, 0.15) is 32.1 Å². The summed E-state index contributed by atoms with van der Waals surface area (Å²) >= 11 is 0. The molecule has 2 fully saturated rings. The minimum atomic E-state index is -2.24. The number of alkyl halides is 2. The van der Waals surface area contributed by atoms with Crippen LogP contribution in [0.4, 0.5) is 8.78 Å². The lowest BCUT2D eigenvalue weighted by Gasteiger charge is -2.21. The second-order valence-corrected chi connectivity index (χ2v) is 4.69. The Labute approximate surface area is 94.7 Å². The van der Waals surface area contributed by atoms with Crippen molar-refractivity contribution in [2.45, 2.75) is 44.6 Å². The zero-order chi connectivity index (χ0) is 11.5. The van der Waals surface area contributed by atoms with E-state index in [1.165, 1.54) is 12.8 Å². The molecule has 0 aromatic carbocycles. The summed E-state index contributed by atoms with van der Waals surface area (Å²) in [4.78, 5) is 6.23. The van der Waals surface area contributed by atoms with Gasteiger partial charge in [-0.25, -0.2) is 13.8 Å². The van der Waals surface area contributed by atoms with Gasteiger partial charge in [0.15, 0.2) is 5.96 Å². The van der Waals surface area contributed by atoms with Gasteiger partial charge in [0.25, 0.3) is 0 Å². The highest BCUT2D eigenvalue weighted by Crippen LogP contribution is 2.39. The van der Waals surface area contributed by atoms with Gasteiger partial charge in [0, 0.05) is 19.0 Å². The van der Waals surface area contributed by atoms with Gasteiger partial charge >= 0.3 is 0 Å². The third-order valence-electron chi connectivity index (χ3n) is 3.36. The molecule has 92 valence electrons. The molecular weight excluding hydrogens is 212 g/mol. The number of likely N-dealkylation sites (tertiary alicyclic amines) is 1. The monoisotopic (exact) mass is 231 g/mol. The minimum absolute atomic E-state index is 0.233. The van der Waals surface area contributed by atoms with Crippen molar-refractivity contribution in [3.05, 3.63) is 0 Å². The van der Waals surface area contributed by atoms with Gasteiger partial charge in [0.05, 0.1) is 6.04 Å². The summed E-state index contributed by atoms with van der Waals surface area (Å²) in [5, 5.41) is 0. The second-order valence-electron chi connectivity index (χ2n) is 4.69. The molecule has 0 aromatic heterocycles. The largest absolute Gasteiger partial charge is 0.370 e. The van der Waals surface area contributed by atoms with Gasteiger partial charge in [-0.15, -0.1) is 0 Å². The number of hydrogen-bond acceptors (Lipinski definition) is 1. The first kappa shape index (κ1) is 11.6. The molecule has 1 saturated heterocycles. The van der Waals surface area contributed by atoms with Crippen LogP contribution < -0.4 is 5.73 Å². The fourth-order valence-electron chi connectivity index (χ4n) is 2.17. The van der Waals surface area contributed by atoms with E-state index in [9.17, 15) is 8.78 Å². The van der Waals surface area contributed by atoms with Crippen LogP contribution in [0.2, 0.25) is 0 Å². The van der Waals surface area contributed by atoms with Crippen LogP contribution in [0.3, 0.4) is 0 Å². The molecule has 0 radical (unpaired) electrons. The SMILES string of the molecule is NC(=N[C@H]1C[C@@H]1C(F)F)N1CCCCCC1. The molecule has 2 rings (SSSR count). The number of nitrogens with two attached hydrogens (primary N) is 1. The third-order valence-corrected chi connectivity index (χ3v) is 3.36. The molecule has 1 aliphatic carbocycles. The van der Waals surface area contributed by atoms with Gasteiger partial charge in [-0.2, -0.15) is 0 Å². The normalized spacial score (nSPS) is 31.7. The minimum Gasteiger partial charge on any atom is -0.370 e. The number of hydrogen-bond donors (Lipinski definition) is 1. The Bertz CT molecular complexity index is 260. The summed E-state index contributed by atoms with van der Waals surface area (Å²) in [5.74, 6) is -0.0828. The molecule has 0 spiro atoms. The van der Waals surface area contributed by atoms with Gasteiger partial charge < -0.3 is 10.6 Å². The number of guanidine groups is 1. The third kappa shape index (κ3) is 2.83. The molecule has 16 heavy (non-hydrogen) atoms. The van der Waals surface area contributed by atoms with Gasteiger partial charge in [0.2, 0.25) is 6.43 Å². The molecule has 5 heteroatoms. The van der Waals surface area contributed by atoms with Crippen molar-refractivity contribution < 1.29 is 8.78 Å². The first-order valence-electron chi connectivity index (χ1n) is 6.05. The van der Waals surface area contributed by atoms with Crippen LogP contribution in [0, 0.1) is 5.92 Å². The smallest absolute Gasteiger partial charge is 0.243 e. The van der Waals surface area contributed by atoms with Crippen LogP contribution in [-0.2, 0) is 0 Å². The van der Waals surface area contributed by atoms with E-state index in [2.05, 4.69) is 4.99 Å². The van der Waals surface area contributed by atoms with E-state index in [0.717, 1.165) is 25.9 Å². The summed E-state index contributed by atoms with van der Waals surface area (Å²) in [6.07, 6.45) is 2.95. The first-order valence-corrected chi connectivity index (χ1v) is 6.05. The lowest BCUT2D eigenvalue weighted by molar-refractivity contribution is 0.121. The van der Waals surface area contributed by atoms with Crippen molar-refractivity contribution in [2.75, 3.05) is 13.1 Å². The van der Waals surface area contributed by atoms with Crippen LogP contribution >= 0.6 is 0 Å². The van der Waals surface area contributed by atoms with E-state index in [1.807, 2.05) is 4.90 Å². The van der Waals surface area contributed by atoms with Crippen molar-refractivity contribution in [1.82, 2.24) is 4.90 Å². The molecule has 1 aliphatic heterocycles. The lowest BCUT2D eigenvalue weighted by Crippen LogP contribution is -2.38. The zero-order valence-electron chi connectivity index (χ0n) is 9.41. The van der Waals surface area contributed by atoms with Gasteiger partial charge in [-0.1, -0.05) is 12.8 Å². The first-order chi connectivity index (χ1) is 7.68. The van der Waals surface area contributed by atoms with Crippen LogP contribution in [0.25, 0.3) is 0 Å². The summed E-state index contributed by atoms with van der Waals surface area (Å²) in [5.41, 5.74) is 5.85. The zero-order valence-corrected chi connectivity index (χ0v) is 9.41. The topological polar surface area (TPSA) is 41.6 Å². The maximum Gasteiger partial charge on any atom is 0.243 e. The van der Waals surface area contributed by atoms with E-state index in [0.29, 0.717) is 12.4 Å². The number of halogens is 2. The van der Waals surface area contributed by atoms with E-state index in [4.69, 9.17) is 5.73 Å². The fourth-order valence-corrected chi connectivity index (χ4v) is 2.17. The highest BCUT2D eigenvalue weighted by molar-refractivity contribution is 5.78. The maximum atomic E-state index is 12.3. The quantitative estimate of drug-likeness (QED) is 0.582. The summed E-state index contributed by atoms with van der Waals surface area (Å²) < 4.78 is 24.6. The summed E-state index contributed by atoms with van der Waals surface area (Å²) in [6, 6.07) is -0.233. The molecule has 1 heterocycles. The molecule has 2 aliphatic rings. The average Bonchev–Trinajstić information content (AvgIpc) is 2.98. The molecule has 2 atom stereocenters. The highest BCUT2D eigenvalue weighted by Gasteiger charge is 2.44. The van der Waals surface area contributed by atoms with E-state index >= 15 is 0 Å². The predicted octanol–water partition coefficient (Wildman–Crippen LogP) is 1.83. The molecule has 0 aromatic rings. The Morgan fingerprint density at radius 1 is 1.19 bits per heavy atom. The number of aliphatic imine (C=N–C) groups is 1. The van der Waals surface area contributed by atoms with Crippen LogP contribution in [0.5, 0.6) is 0 Å². The molecule has 0 amide bonds. The Kier molecular flexibility index (Phi) is 3.61. The molecule has 0 unspecified atom stereocenters.